The standard InChI is InChI=1S/C22H16FNO/c23-18-10-6-9-17(13-18)15-24-21(14-16-7-2-1-3-8-16)19-11-4-5-12-20(19)22(24)25/h1-14H,15H2/b21-14-. The second-order valence-corrected chi connectivity index (χ2v) is 6.01. The zero-order chi connectivity index (χ0) is 17.2. The Labute approximate surface area is 145 Å². The lowest BCUT2D eigenvalue weighted by atomic mass is 10.1. The van der Waals surface area contributed by atoms with Gasteiger partial charge in [0.1, 0.15) is 5.82 Å². The lowest BCUT2D eigenvalue weighted by Crippen LogP contribution is -2.22. The minimum atomic E-state index is -0.296. The lowest BCUT2D eigenvalue weighted by Gasteiger charge is -2.19. The van der Waals surface area contributed by atoms with Crippen molar-refractivity contribution in [3.8, 4) is 0 Å². The van der Waals surface area contributed by atoms with Gasteiger partial charge in [-0.3, -0.25) is 4.79 Å². The second kappa shape index (κ2) is 6.36. The maximum Gasteiger partial charge on any atom is 0.259 e. The maximum absolute atomic E-state index is 13.5. The summed E-state index contributed by atoms with van der Waals surface area (Å²) in [7, 11) is 0. The molecule has 0 radical (unpaired) electrons. The molecular weight excluding hydrogens is 313 g/mol. The molecule has 0 unspecified atom stereocenters. The zero-order valence-electron chi connectivity index (χ0n) is 13.5. The summed E-state index contributed by atoms with van der Waals surface area (Å²) in [5.74, 6) is -0.350. The smallest absolute Gasteiger partial charge is 0.259 e. The van der Waals surface area contributed by atoms with E-state index in [2.05, 4.69) is 0 Å². The first-order valence-electron chi connectivity index (χ1n) is 8.15. The predicted molar refractivity (Wildman–Crippen MR) is 97.0 cm³/mol. The zero-order valence-corrected chi connectivity index (χ0v) is 13.5. The minimum absolute atomic E-state index is 0.0537. The van der Waals surface area contributed by atoms with Crippen LogP contribution in [0.15, 0.2) is 78.9 Å². The van der Waals surface area contributed by atoms with Crippen LogP contribution in [0.5, 0.6) is 0 Å². The summed E-state index contributed by atoms with van der Waals surface area (Å²) in [6.07, 6.45) is 2.00. The summed E-state index contributed by atoms with van der Waals surface area (Å²) < 4.78 is 13.5. The fourth-order valence-corrected chi connectivity index (χ4v) is 3.13. The van der Waals surface area contributed by atoms with Crippen LogP contribution >= 0.6 is 0 Å². The van der Waals surface area contributed by atoms with E-state index in [1.165, 1.54) is 12.1 Å². The Morgan fingerprint density at radius 1 is 0.840 bits per heavy atom. The van der Waals surface area contributed by atoms with Crippen molar-refractivity contribution >= 4 is 17.7 Å². The van der Waals surface area contributed by atoms with E-state index in [9.17, 15) is 9.18 Å². The van der Waals surface area contributed by atoms with Crippen molar-refractivity contribution in [2.75, 3.05) is 0 Å². The number of rotatable bonds is 3. The number of nitrogens with zero attached hydrogens (tertiary/aromatic N) is 1. The molecule has 1 heterocycles. The monoisotopic (exact) mass is 329 g/mol. The number of benzene rings is 3. The molecule has 3 aromatic rings. The van der Waals surface area contributed by atoms with E-state index in [0.29, 0.717) is 12.1 Å². The van der Waals surface area contributed by atoms with Crippen LogP contribution in [0.25, 0.3) is 11.8 Å². The van der Waals surface area contributed by atoms with E-state index >= 15 is 0 Å². The van der Waals surface area contributed by atoms with E-state index < -0.39 is 0 Å². The third-order valence-corrected chi connectivity index (χ3v) is 4.30. The number of fused-ring (bicyclic) bond motifs is 1. The summed E-state index contributed by atoms with van der Waals surface area (Å²) >= 11 is 0. The summed E-state index contributed by atoms with van der Waals surface area (Å²) in [4.78, 5) is 14.6. The summed E-state index contributed by atoms with van der Waals surface area (Å²) in [5.41, 5.74) is 4.22. The van der Waals surface area contributed by atoms with E-state index in [-0.39, 0.29) is 11.7 Å². The van der Waals surface area contributed by atoms with Crippen LogP contribution in [0.4, 0.5) is 4.39 Å². The summed E-state index contributed by atoms with van der Waals surface area (Å²) in [6, 6.07) is 23.8. The van der Waals surface area contributed by atoms with Gasteiger partial charge in [0.2, 0.25) is 0 Å². The van der Waals surface area contributed by atoms with E-state index in [4.69, 9.17) is 0 Å². The molecule has 3 aromatic carbocycles. The van der Waals surface area contributed by atoms with Gasteiger partial charge in [-0.15, -0.1) is 0 Å². The lowest BCUT2D eigenvalue weighted by molar-refractivity contribution is 0.0843. The molecule has 0 bridgehead atoms. The molecule has 122 valence electrons. The highest BCUT2D eigenvalue weighted by atomic mass is 19.1. The Morgan fingerprint density at radius 3 is 2.32 bits per heavy atom. The molecule has 0 N–H and O–H groups in total. The molecular formula is C22H16FNO. The Bertz CT molecular complexity index is 963. The normalized spacial score (nSPS) is 14.8. The first-order valence-corrected chi connectivity index (χ1v) is 8.15. The Hall–Kier alpha value is -3.20. The molecule has 0 atom stereocenters. The Kier molecular flexibility index (Phi) is 3.90. The molecule has 0 saturated carbocycles. The molecule has 2 nitrogen and oxygen atoms in total. The topological polar surface area (TPSA) is 20.3 Å². The van der Waals surface area contributed by atoms with Crippen molar-refractivity contribution in [2.24, 2.45) is 0 Å². The van der Waals surface area contributed by atoms with E-state index in [0.717, 1.165) is 22.4 Å². The highest BCUT2D eigenvalue weighted by Crippen LogP contribution is 2.35. The van der Waals surface area contributed by atoms with Gasteiger partial charge in [-0.1, -0.05) is 60.7 Å². The fourth-order valence-electron chi connectivity index (χ4n) is 3.13. The van der Waals surface area contributed by atoms with Gasteiger partial charge in [0.05, 0.1) is 12.2 Å². The van der Waals surface area contributed by atoms with Crippen molar-refractivity contribution in [3.05, 3.63) is 107 Å². The van der Waals surface area contributed by atoms with Crippen molar-refractivity contribution in [1.29, 1.82) is 0 Å². The Balaban J connectivity index is 1.79. The highest BCUT2D eigenvalue weighted by molar-refractivity contribution is 6.11. The molecule has 0 saturated heterocycles. The highest BCUT2D eigenvalue weighted by Gasteiger charge is 2.31. The molecule has 3 heteroatoms. The predicted octanol–water partition coefficient (Wildman–Crippen LogP) is 4.98. The molecule has 0 fully saturated rings. The Morgan fingerprint density at radius 2 is 1.56 bits per heavy atom. The van der Waals surface area contributed by atoms with E-state index in [1.807, 2.05) is 66.7 Å². The molecule has 25 heavy (non-hydrogen) atoms. The van der Waals surface area contributed by atoms with Crippen LogP contribution in [-0.2, 0) is 6.54 Å². The van der Waals surface area contributed by atoms with Crippen LogP contribution in [0.2, 0.25) is 0 Å². The third-order valence-electron chi connectivity index (χ3n) is 4.30. The molecule has 0 spiro atoms. The van der Waals surface area contributed by atoms with Gasteiger partial charge in [0.25, 0.3) is 5.91 Å². The fraction of sp³-hybridized carbons (Fsp3) is 0.0455. The number of carbonyl (C=O) groups is 1. The first-order chi connectivity index (χ1) is 12.2. The molecule has 4 rings (SSSR count). The van der Waals surface area contributed by atoms with Gasteiger partial charge < -0.3 is 4.90 Å². The van der Waals surface area contributed by atoms with Gasteiger partial charge in [0, 0.05) is 11.1 Å². The summed E-state index contributed by atoms with van der Waals surface area (Å²) in [6.45, 7) is 0.337. The average Bonchev–Trinajstić information content (AvgIpc) is 2.89. The second-order valence-electron chi connectivity index (χ2n) is 6.01. The van der Waals surface area contributed by atoms with Gasteiger partial charge >= 0.3 is 0 Å². The number of halogens is 1. The summed E-state index contributed by atoms with van der Waals surface area (Å²) in [5, 5.41) is 0. The average molecular weight is 329 g/mol. The number of amides is 1. The molecule has 1 aliphatic heterocycles. The van der Waals surface area contributed by atoms with Crippen LogP contribution in [0, 0.1) is 5.82 Å². The van der Waals surface area contributed by atoms with E-state index in [1.54, 1.807) is 11.0 Å². The van der Waals surface area contributed by atoms with Crippen LogP contribution < -0.4 is 0 Å². The number of hydrogen-bond acceptors (Lipinski definition) is 1. The van der Waals surface area contributed by atoms with Crippen molar-refractivity contribution in [1.82, 2.24) is 4.90 Å². The number of hydrogen-bond donors (Lipinski definition) is 0. The molecule has 1 amide bonds. The number of carbonyl (C=O) groups excluding carboxylic acids is 1. The van der Waals surface area contributed by atoms with Crippen molar-refractivity contribution < 1.29 is 9.18 Å². The van der Waals surface area contributed by atoms with Gasteiger partial charge in [-0.05, 0) is 35.4 Å². The molecule has 1 aliphatic rings. The van der Waals surface area contributed by atoms with Gasteiger partial charge in [0.15, 0.2) is 0 Å². The molecule has 0 aliphatic carbocycles. The molecule has 0 aromatic heterocycles. The largest absolute Gasteiger partial charge is 0.303 e. The third kappa shape index (κ3) is 2.96. The minimum Gasteiger partial charge on any atom is -0.303 e. The SMILES string of the molecule is O=C1c2ccccc2/C(=C/c2ccccc2)N1Cc1cccc(F)c1. The first kappa shape index (κ1) is 15.3. The van der Waals surface area contributed by atoms with Crippen LogP contribution in [0.1, 0.15) is 27.0 Å². The van der Waals surface area contributed by atoms with Crippen LogP contribution in [-0.4, -0.2) is 10.8 Å². The maximum atomic E-state index is 13.5. The van der Waals surface area contributed by atoms with Gasteiger partial charge in [-0.25, -0.2) is 4.39 Å². The quantitative estimate of drug-likeness (QED) is 0.663. The van der Waals surface area contributed by atoms with Gasteiger partial charge in [-0.2, -0.15) is 0 Å². The van der Waals surface area contributed by atoms with Crippen molar-refractivity contribution in [2.45, 2.75) is 6.54 Å². The van der Waals surface area contributed by atoms with Crippen molar-refractivity contribution in [3.63, 3.8) is 0 Å². The van der Waals surface area contributed by atoms with Crippen LogP contribution in [0.3, 0.4) is 0 Å².